The van der Waals surface area contributed by atoms with Gasteiger partial charge in [0, 0.05) is 0 Å². The van der Waals surface area contributed by atoms with E-state index in [-0.39, 0.29) is 12.1 Å². The molecule has 0 saturated heterocycles. The summed E-state index contributed by atoms with van der Waals surface area (Å²) >= 11 is 0. The average molecular weight is 271 g/mol. The summed E-state index contributed by atoms with van der Waals surface area (Å²) in [5.41, 5.74) is 0.192. The lowest BCUT2D eigenvalue weighted by Gasteiger charge is -2.32. The first-order valence-corrected chi connectivity index (χ1v) is 6.17. The fourth-order valence-electron chi connectivity index (χ4n) is 2.07. The number of rotatable bonds is 5. The molecule has 0 bridgehead atoms. The van der Waals surface area contributed by atoms with Crippen molar-refractivity contribution in [3.05, 3.63) is 11.6 Å². The zero-order chi connectivity index (χ0) is 13.8. The third kappa shape index (κ3) is 3.43. The second kappa shape index (κ2) is 5.99. The molecule has 0 aromatic rings. The largest absolute Gasteiger partial charge is 0.455 e. The lowest BCUT2D eigenvalue weighted by atomic mass is 9.90. The summed E-state index contributed by atoms with van der Waals surface area (Å²) in [6.45, 7) is 1.87. The standard InChI is InChI=1S/C12H18F5N/c1-2-8-18-10(9-6-4-3-5-7-9)11(13,14)12(15,16)17/h6,10,18H,2-5,7-8H2,1H3. The summed E-state index contributed by atoms with van der Waals surface area (Å²) in [7, 11) is 0. The normalized spacial score (nSPS) is 19.6. The maximum Gasteiger partial charge on any atom is 0.455 e. The summed E-state index contributed by atoms with van der Waals surface area (Å²) < 4.78 is 64.3. The van der Waals surface area contributed by atoms with Crippen LogP contribution in [0.25, 0.3) is 0 Å². The molecule has 0 aliphatic heterocycles. The van der Waals surface area contributed by atoms with Crippen molar-refractivity contribution in [2.45, 2.75) is 57.2 Å². The Morgan fingerprint density at radius 3 is 2.33 bits per heavy atom. The highest BCUT2D eigenvalue weighted by Crippen LogP contribution is 2.41. The molecule has 0 fully saturated rings. The summed E-state index contributed by atoms with van der Waals surface area (Å²) in [4.78, 5) is 0. The summed E-state index contributed by atoms with van der Waals surface area (Å²) in [5, 5.41) is 2.35. The molecule has 1 unspecified atom stereocenters. The maximum absolute atomic E-state index is 13.5. The first-order chi connectivity index (χ1) is 8.30. The zero-order valence-corrected chi connectivity index (χ0v) is 10.3. The topological polar surface area (TPSA) is 12.0 Å². The van der Waals surface area contributed by atoms with E-state index in [0.717, 1.165) is 6.42 Å². The van der Waals surface area contributed by atoms with Crippen LogP contribution < -0.4 is 5.32 Å². The summed E-state index contributed by atoms with van der Waals surface area (Å²) in [6.07, 6.45) is -1.07. The Morgan fingerprint density at radius 2 is 1.89 bits per heavy atom. The van der Waals surface area contributed by atoms with Crippen LogP contribution in [-0.4, -0.2) is 24.7 Å². The Kier molecular flexibility index (Phi) is 5.13. The molecule has 1 N–H and O–H groups in total. The molecule has 0 heterocycles. The maximum atomic E-state index is 13.5. The average Bonchev–Trinajstić information content (AvgIpc) is 2.29. The van der Waals surface area contributed by atoms with Gasteiger partial charge in [-0.2, -0.15) is 22.0 Å². The van der Waals surface area contributed by atoms with Gasteiger partial charge in [0.1, 0.15) is 6.04 Å². The number of alkyl halides is 5. The van der Waals surface area contributed by atoms with Gasteiger partial charge in [0.2, 0.25) is 0 Å². The van der Waals surface area contributed by atoms with Gasteiger partial charge in [-0.1, -0.05) is 18.6 Å². The second-order valence-corrected chi connectivity index (χ2v) is 4.53. The van der Waals surface area contributed by atoms with Crippen LogP contribution in [0.4, 0.5) is 22.0 Å². The van der Waals surface area contributed by atoms with Crippen molar-refractivity contribution in [1.29, 1.82) is 0 Å². The van der Waals surface area contributed by atoms with E-state index in [4.69, 9.17) is 0 Å². The molecule has 18 heavy (non-hydrogen) atoms. The Labute approximate surface area is 103 Å². The third-order valence-corrected chi connectivity index (χ3v) is 3.04. The highest BCUT2D eigenvalue weighted by Gasteiger charge is 2.62. The molecule has 0 radical (unpaired) electrons. The number of hydrogen-bond acceptors (Lipinski definition) is 1. The number of nitrogens with one attached hydrogen (secondary N) is 1. The van der Waals surface area contributed by atoms with Crippen molar-refractivity contribution in [3.8, 4) is 0 Å². The quantitative estimate of drug-likeness (QED) is 0.587. The first kappa shape index (κ1) is 15.4. The molecule has 1 rings (SSSR count). The monoisotopic (exact) mass is 271 g/mol. The number of hydrogen-bond donors (Lipinski definition) is 1. The van der Waals surface area contributed by atoms with Crippen molar-refractivity contribution in [2.24, 2.45) is 0 Å². The lowest BCUT2D eigenvalue weighted by molar-refractivity contribution is -0.289. The van der Waals surface area contributed by atoms with Crippen molar-refractivity contribution in [2.75, 3.05) is 6.54 Å². The van der Waals surface area contributed by atoms with Crippen LogP contribution >= 0.6 is 0 Å². The van der Waals surface area contributed by atoms with Crippen molar-refractivity contribution < 1.29 is 22.0 Å². The zero-order valence-electron chi connectivity index (χ0n) is 10.3. The van der Waals surface area contributed by atoms with E-state index in [1.807, 2.05) is 0 Å². The smallest absolute Gasteiger partial charge is 0.305 e. The molecule has 0 saturated carbocycles. The fourth-order valence-corrected chi connectivity index (χ4v) is 2.07. The van der Waals surface area contributed by atoms with Crippen LogP contribution in [0, 0.1) is 0 Å². The number of halogens is 5. The SMILES string of the molecule is CCCNC(C1=CCCCC1)C(F)(F)C(F)(F)F. The van der Waals surface area contributed by atoms with E-state index in [2.05, 4.69) is 5.32 Å². The molecule has 0 aromatic heterocycles. The Hall–Kier alpha value is -0.650. The van der Waals surface area contributed by atoms with E-state index in [9.17, 15) is 22.0 Å². The van der Waals surface area contributed by atoms with E-state index in [1.165, 1.54) is 6.08 Å². The van der Waals surface area contributed by atoms with Crippen LogP contribution in [0.1, 0.15) is 39.0 Å². The van der Waals surface area contributed by atoms with Crippen LogP contribution in [0.5, 0.6) is 0 Å². The van der Waals surface area contributed by atoms with Gasteiger partial charge in [-0.15, -0.1) is 0 Å². The molecule has 1 aliphatic carbocycles. The molecular formula is C12H18F5N. The predicted molar refractivity (Wildman–Crippen MR) is 59.6 cm³/mol. The van der Waals surface area contributed by atoms with Gasteiger partial charge in [0.05, 0.1) is 0 Å². The van der Waals surface area contributed by atoms with Gasteiger partial charge in [0.15, 0.2) is 0 Å². The molecule has 6 heteroatoms. The van der Waals surface area contributed by atoms with Gasteiger partial charge in [-0.3, -0.25) is 0 Å². The third-order valence-electron chi connectivity index (χ3n) is 3.04. The van der Waals surface area contributed by atoms with Crippen LogP contribution in [-0.2, 0) is 0 Å². The predicted octanol–water partition coefficient (Wildman–Crippen LogP) is 4.05. The van der Waals surface area contributed by atoms with Gasteiger partial charge in [0.25, 0.3) is 0 Å². The minimum absolute atomic E-state index is 0.147. The molecule has 0 aromatic carbocycles. The van der Waals surface area contributed by atoms with Gasteiger partial charge < -0.3 is 5.32 Å². The summed E-state index contributed by atoms with van der Waals surface area (Å²) in [6, 6.07) is -1.92. The molecule has 0 spiro atoms. The first-order valence-electron chi connectivity index (χ1n) is 6.17. The van der Waals surface area contributed by atoms with Gasteiger partial charge >= 0.3 is 12.1 Å². The van der Waals surface area contributed by atoms with E-state index in [1.54, 1.807) is 6.92 Å². The fraction of sp³-hybridized carbons (Fsp3) is 0.833. The van der Waals surface area contributed by atoms with Gasteiger partial charge in [-0.25, -0.2) is 0 Å². The van der Waals surface area contributed by atoms with Gasteiger partial charge in [-0.05, 0) is 38.6 Å². The van der Waals surface area contributed by atoms with Crippen LogP contribution in [0.3, 0.4) is 0 Å². The minimum atomic E-state index is -5.52. The summed E-state index contributed by atoms with van der Waals surface area (Å²) in [5.74, 6) is -4.72. The molecule has 106 valence electrons. The van der Waals surface area contributed by atoms with Crippen molar-refractivity contribution in [3.63, 3.8) is 0 Å². The lowest BCUT2D eigenvalue weighted by Crippen LogP contribution is -2.55. The molecule has 1 nitrogen and oxygen atoms in total. The molecule has 1 aliphatic rings. The molecular weight excluding hydrogens is 253 g/mol. The molecule has 1 atom stereocenters. The Morgan fingerprint density at radius 1 is 1.22 bits per heavy atom. The van der Waals surface area contributed by atoms with Crippen LogP contribution in [0.2, 0.25) is 0 Å². The van der Waals surface area contributed by atoms with E-state index in [0.29, 0.717) is 25.7 Å². The Bertz CT molecular complexity index is 295. The van der Waals surface area contributed by atoms with E-state index < -0.39 is 18.1 Å². The van der Waals surface area contributed by atoms with Crippen LogP contribution in [0.15, 0.2) is 11.6 Å². The van der Waals surface area contributed by atoms with Crippen molar-refractivity contribution in [1.82, 2.24) is 5.32 Å². The minimum Gasteiger partial charge on any atom is -0.305 e. The van der Waals surface area contributed by atoms with Crippen molar-refractivity contribution >= 4 is 0 Å². The molecule has 0 amide bonds. The second-order valence-electron chi connectivity index (χ2n) is 4.53. The number of allylic oxidation sites excluding steroid dienone is 1. The highest BCUT2D eigenvalue weighted by atomic mass is 19.4. The highest BCUT2D eigenvalue weighted by molar-refractivity contribution is 5.18. The Balaban J connectivity index is 2.93. The van der Waals surface area contributed by atoms with E-state index >= 15 is 0 Å².